The summed E-state index contributed by atoms with van der Waals surface area (Å²) in [6, 6.07) is 7.26. The van der Waals surface area contributed by atoms with Gasteiger partial charge in [-0.2, -0.15) is 9.98 Å². The Bertz CT molecular complexity index is 560. The average Bonchev–Trinajstić information content (AvgIpc) is 2.35. The van der Waals surface area contributed by atoms with E-state index in [9.17, 15) is 13.2 Å². The molecule has 7 heteroatoms. The van der Waals surface area contributed by atoms with Crippen LogP contribution in [-0.4, -0.2) is 28.0 Å². The highest BCUT2D eigenvalue weighted by molar-refractivity contribution is 7.89. The molecule has 90 valence electrons. The lowest BCUT2D eigenvalue weighted by Crippen LogP contribution is -2.26. The van der Waals surface area contributed by atoms with Gasteiger partial charge in [0, 0.05) is 0 Å². The summed E-state index contributed by atoms with van der Waals surface area (Å²) in [4.78, 5) is 11.2. The number of nitriles is 1. The number of rotatable bonds is 4. The molecule has 1 rings (SSSR count). The molecule has 0 radical (unpaired) electrons. The van der Waals surface area contributed by atoms with Crippen molar-refractivity contribution >= 4 is 16.0 Å². The summed E-state index contributed by atoms with van der Waals surface area (Å²) in [6.45, 7) is -0.363. The largest absolute Gasteiger partial charge is 0.465 e. The predicted molar refractivity (Wildman–Crippen MR) is 58.6 cm³/mol. The van der Waals surface area contributed by atoms with Crippen LogP contribution in [0.3, 0.4) is 0 Å². The second-order valence-corrected chi connectivity index (χ2v) is 4.71. The molecule has 0 saturated heterocycles. The lowest BCUT2D eigenvalue weighted by molar-refractivity contribution is 0.0596. The van der Waals surface area contributed by atoms with E-state index in [1.54, 1.807) is 6.07 Å². The summed E-state index contributed by atoms with van der Waals surface area (Å²) in [6.07, 6.45) is 0. The Morgan fingerprint density at radius 1 is 1.47 bits per heavy atom. The molecule has 0 aliphatic carbocycles. The Labute approximate surface area is 98.9 Å². The first-order valence-corrected chi connectivity index (χ1v) is 6.05. The van der Waals surface area contributed by atoms with Gasteiger partial charge in [-0.15, -0.1) is 0 Å². The van der Waals surface area contributed by atoms with Gasteiger partial charge in [-0.25, -0.2) is 13.2 Å². The molecule has 0 fully saturated rings. The summed E-state index contributed by atoms with van der Waals surface area (Å²) in [5, 5.41) is 8.33. The van der Waals surface area contributed by atoms with Gasteiger partial charge < -0.3 is 4.74 Å². The van der Waals surface area contributed by atoms with Crippen molar-refractivity contribution in [3.8, 4) is 6.07 Å². The third kappa shape index (κ3) is 3.03. The summed E-state index contributed by atoms with van der Waals surface area (Å²) >= 11 is 0. The minimum atomic E-state index is -3.88. The summed E-state index contributed by atoms with van der Waals surface area (Å²) in [7, 11) is -2.72. The smallest absolute Gasteiger partial charge is 0.339 e. The van der Waals surface area contributed by atoms with Crippen LogP contribution in [0.15, 0.2) is 29.2 Å². The van der Waals surface area contributed by atoms with E-state index in [1.807, 2.05) is 4.72 Å². The number of benzene rings is 1. The predicted octanol–water partition coefficient (Wildman–Crippen LogP) is 0.275. The highest BCUT2D eigenvalue weighted by Crippen LogP contribution is 2.15. The van der Waals surface area contributed by atoms with Crippen LogP contribution in [0.4, 0.5) is 0 Å². The molecule has 0 atom stereocenters. The zero-order valence-corrected chi connectivity index (χ0v) is 9.82. The maximum atomic E-state index is 11.8. The van der Waals surface area contributed by atoms with Crippen molar-refractivity contribution in [1.82, 2.24) is 4.72 Å². The van der Waals surface area contributed by atoms with Crippen molar-refractivity contribution in [3.63, 3.8) is 0 Å². The summed E-state index contributed by atoms with van der Waals surface area (Å²) in [5.74, 6) is -0.747. The highest BCUT2D eigenvalue weighted by atomic mass is 32.2. The number of esters is 1. The van der Waals surface area contributed by atoms with Crippen molar-refractivity contribution in [3.05, 3.63) is 29.8 Å². The van der Waals surface area contributed by atoms with Crippen LogP contribution in [0.2, 0.25) is 0 Å². The van der Waals surface area contributed by atoms with Gasteiger partial charge >= 0.3 is 5.97 Å². The van der Waals surface area contributed by atoms with Crippen molar-refractivity contribution in [2.45, 2.75) is 4.90 Å². The molecule has 0 aliphatic heterocycles. The monoisotopic (exact) mass is 254 g/mol. The molecule has 1 N–H and O–H groups in total. The Balaban J connectivity index is 3.23. The molecule has 0 spiro atoms. The third-order valence-electron chi connectivity index (χ3n) is 1.92. The Hall–Kier alpha value is -1.91. The second-order valence-electron chi connectivity index (χ2n) is 2.97. The zero-order valence-electron chi connectivity index (χ0n) is 9.00. The van der Waals surface area contributed by atoms with E-state index in [0.717, 1.165) is 7.11 Å². The Kier molecular flexibility index (Phi) is 4.20. The molecule has 0 aliphatic rings. The minimum Gasteiger partial charge on any atom is -0.465 e. The molecule has 17 heavy (non-hydrogen) atoms. The van der Waals surface area contributed by atoms with Gasteiger partial charge in [-0.1, -0.05) is 12.1 Å². The molecule has 0 aromatic heterocycles. The van der Waals surface area contributed by atoms with Crippen LogP contribution in [0, 0.1) is 11.3 Å². The molecule has 0 unspecified atom stereocenters. The van der Waals surface area contributed by atoms with E-state index in [1.165, 1.54) is 24.3 Å². The average molecular weight is 254 g/mol. The van der Waals surface area contributed by atoms with E-state index in [4.69, 9.17) is 5.26 Å². The quantitative estimate of drug-likeness (QED) is 0.614. The minimum absolute atomic E-state index is 0.0690. The van der Waals surface area contributed by atoms with Crippen LogP contribution in [0.25, 0.3) is 0 Å². The number of carbonyl (C=O) groups is 1. The maximum absolute atomic E-state index is 11.8. The number of hydrogen-bond acceptors (Lipinski definition) is 5. The highest BCUT2D eigenvalue weighted by Gasteiger charge is 2.21. The summed E-state index contributed by atoms with van der Waals surface area (Å²) < 4.78 is 30.1. The van der Waals surface area contributed by atoms with Crippen LogP contribution in [0.1, 0.15) is 10.4 Å². The molecule has 6 nitrogen and oxygen atoms in total. The Morgan fingerprint density at radius 3 is 2.71 bits per heavy atom. The third-order valence-corrected chi connectivity index (χ3v) is 3.38. The SMILES string of the molecule is COC(=O)c1ccccc1S(=O)(=O)NCC#N. The molecular formula is C10H10N2O4S. The molecule has 1 aromatic rings. The van der Waals surface area contributed by atoms with Gasteiger partial charge in [0.15, 0.2) is 0 Å². The second kappa shape index (κ2) is 5.43. The Morgan fingerprint density at radius 2 is 2.12 bits per heavy atom. The number of sulfonamides is 1. The van der Waals surface area contributed by atoms with Crippen LogP contribution in [0.5, 0.6) is 0 Å². The first-order chi connectivity index (χ1) is 8.03. The fourth-order valence-electron chi connectivity index (χ4n) is 1.18. The van der Waals surface area contributed by atoms with Crippen molar-refractivity contribution < 1.29 is 17.9 Å². The van der Waals surface area contributed by atoms with Gasteiger partial charge in [0.2, 0.25) is 10.0 Å². The fourth-order valence-corrected chi connectivity index (χ4v) is 2.29. The topological polar surface area (TPSA) is 96.3 Å². The van der Waals surface area contributed by atoms with E-state index in [2.05, 4.69) is 4.74 Å². The van der Waals surface area contributed by atoms with Gasteiger partial charge in [0.1, 0.15) is 0 Å². The van der Waals surface area contributed by atoms with Gasteiger partial charge in [-0.05, 0) is 12.1 Å². The van der Waals surface area contributed by atoms with E-state index in [-0.39, 0.29) is 17.0 Å². The number of ether oxygens (including phenoxy) is 1. The van der Waals surface area contributed by atoms with Crippen LogP contribution >= 0.6 is 0 Å². The van der Waals surface area contributed by atoms with Gasteiger partial charge in [0.25, 0.3) is 0 Å². The van der Waals surface area contributed by atoms with Crippen molar-refractivity contribution in [1.29, 1.82) is 5.26 Å². The molecule has 0 saturated carbocycles. The number of methoxy groups -OCH3 is 1. The maximum Gasteiger partial charge on any atom is 0.339 e. The van der Waals surface area contributed by atoms with Crippen molar-refractivity contribution in [2.75, 3.05) is 13.7 Å². The van der Waals surface area contributed by atoms with Gasteiger partial charge in [-0.3, -0.25) is 0 Å². The molecule has 1 aromatic carbocycles. The first-order valence-electron chi connectivity index (χ1n) is 4.57. The molecule has 0 amide bonds. The van der Waals surface area contributed by atoms with Crippen molar-refractivity contribution in [2.24, 2.45) is 0 Å². The number of carbonyl (C=O) groups excluding carboxylic acids is 1. The molecular weight excluding hydrogens is 244 g/mol. The van der Waals surface area contributed by atoms with Crippen LogP contribution in [-0.2, 0) is 14.8 Å². The lowest BCUT2D eigenvalue weighted by atomic mass is 10.2. The first kappa shape index (κ1) is 13.2. The van der Waals surface area contributed by atoms with E-state index >= 15 is 0 Å². The lowest BCUT2D eigenvalue weighted by Gasteiger charge is -2.08. The molecule has 0 bridgehead atoms. The standard InChI is InChI=1S/C10H10N2O4S/c1-16-10(13)8-4-2-3-5-9(8)17(14,15)12-7-6-11/h2-5,12H,7H2,1H3. The number of nitrogens with one attached hydrogen (secondary N) is 1. The summed E-state index contributed by atoms with van der Waals surface area (Å²) in [5.41, 5.74) is -0.0690. The van der Waals surface area contributed by atoms with Gasteiger partial charge in [0.05, 0.1) is 30.2 Å². The zero-order chi connectivity index (χ0) is 12.9. The van der Waals surface area contributed by atoms with E-state index < -0.39 is 16.0 Å². The fraction of sp³-hybridized carbons (Fsp3) is 0.200. The normalized spacial score (nSPS) is 10.6. The van der Waals surface area contributed by atoms with E-state index in [0.29, 0.717) is 0 Å². The molecule has 0 heterocycles. The number of hydrogen-bond donors (Lipinski definition) is 1. The number of nitrogens with zero attached hydrogens (tertiary/aromatic N) is 1. The van der Waals surface area contributed by atoms with Crippen LogP contribution < -0.4 is 4.72 Å².